The summed E-state index contributed by atoms with van der Waals surface area (Å²) >= 11 is 0. The lowest BCUT2D eigenvalue weighted by Crippen LogP contribution is -2.40. The Morgan fingerprint density at radius 2 is 1.50 bits per heavy atom. The molecule has 0 aliphatic carbocycles. The Morgan fingerprint density at radius 1 is 0.880 bits per heavy atom. The van der Waals surface area contributed by atoms with Crippen molar-refractivity contribution in [3.63, 3.8) is 0 Å². The molecule has 0 radical (unpaired) electrons. The molecule has 10 heteroatoms. The maximum Gasteiger partial charge on any atom is 0.194 e. The van der Waals surface area contributed by atoms with Crippen molar-refractivity contribution < 1.29 is 8.78 Å². The van der Waals surface area contributed by atoms with Gasteiger partial charge in [-0.2, -0.15) is 0 Å². The predicted molar refractivity (Wildman–Crippen MR) is 201 cm³/mol. The number of fused-ring (bicyclic) bond motifs is 1. The van der Waals surface area contributed by atoms with Crippen molar-refractivity contribution in [2.75, 3.05) is 19.6 Å². The van der Waals surface area contributed by atoms with Gasteiger partial charge in [0.25, 0.3) is 0 Å². The topological polar surface area (TPSA) is 102 Å². The number of nitrogens with two attached hydrogens (primary N) is 1. The molecule has 1 heterocycles. The number of guanidine groups is 1. The van der Waals surface area contributed by atoms with Crippen LogP contribution < -0.4 is 32.3 Å². The summed E-state index contributed by atoms with van der Waals surface area (Å²) in [6, 6.07) is 21.0. The van der Waals surface area contributed by atoms with Crippen molar-refractivity contribution in [3.8, 4) is 0 Å². The number of aliphatic imine (C=N–C) groups is 1. The van der Waals surface area contributed by atoms with Crippen molar-refractivity contribution in [2.45, 2.75) is 64.8 Å². The average molecular weight is 683 g/mol. The lowest BCUT2D eigenvalue weighted by atomic mass is 10.0. The molecule has 0 saturated carbocycles. The van der Waals surface area contributed by atoms with Crippen LogP contribution in [0, 0.1) is 18.6 Å². The minimum Gasteiger partial charge on any atom is -0.387 e. The quantitative estimate of drug-likeness (QED) is 0.0469. The third-order valence-corrected chi connectivity index (χ3v) is 8.71. The fourth-order valence-electron chi connectivity index (χ4n) is 5.98. The first-order chi connectivity index (χ1) is 24.0. The summed E-state index contributed by atoms with van der Waals surface area (Å²) in [6.07, 6.45) is 2.13. The van der Waals surface area contributed by atoms with E-state index in [1.165, 1.54) is 23.3 Å². The lowest BCUT2D eigenvalue weighted by molar-refractivity contribution is 0.218. The second-order valence-corrected chi connectivity index (χ2v) is 12.6. The van der Waals surface area contributed by atoms with Crippen LogP contribution in [0.4, 0.5) is 8.78 Å². The Balaban J connectivity index is 1.43. The molecular formula is C40H52F2N8. The molecular weight excluding hydrogens is 630 g/mol. The zero-order valence-corrected chi connectivity index (χ0v) is 29.4. The van der Waals surface area contributed by atoms with E-state index >= 15 is 0 Å². The van der Waals surface area contributed by atoms with Crippen molar-refractivity contribution >= 4 is 5.96 Å². The van der Waals surface area contributed by atoms with Crippen LogP contribution in [-0.2, 0) is 19.6 Å². The smallest absolute Gasteiger partial charge is 0.194 e. The van der Waals surface area contributed by atoms with Gasteiger partial charge in [-0.3, -0.25) is 9.89 Å². The number of aryl methyl sites for hydroxylation is 1. The second-order valence-electron chi connectivity index (χ2n) is 12.6. The first-order valence-electron chi connectivity index (χ1n) is 17.1. The van der Waals surface area contributed by atoms with Crippen LogP contribution >= 0.6 is 0 Å². The number of allylic oxidation sites excluding steroid dienone is 1. The van der Waals surface area contributed by atoms with E-state index in [0.717, 1.165) is 36.5 Å². The molecule has 0 aromatic heterocycles. The van der Waals surface area contributed by atoms with Crippen LogP contribution in [0.25, 0.3) is 0 Å². The third kappa shape index (κ3) is 11.0. The first kappa shape index (κ1) is 37.7. The van der Waals surface area contributed by atoms with E-state index in [-0.39, 0.29) is 30.2 Å². The van der Waals surface area contributed by atoms with Gasteiger partial charge < -0.3 is 32.3 Å². The SMILES string of the molecule is C=C(CC)NCCNC(=C)NC(N)=NCCCC(NC(=C)C(c1ccccc1)N1Cc2ccccc2C1)C(=C)NCc1c(F)cc(C)cc1F. The minimum absolute atomic E-state index is 0.0327. The molecule has 2 unspecified atom stereocenters. The molecule has 50 heavy (non-hydrogen) atoms. The number of hydrogen-bond acceptors (Lipinski definition) is 6. The van der Waals surface area contributed by atoms with Gasteiger partial charge in [-0.05, 0) is 60.6 Å². The van der Waals surface area contributed by atoms with Crippen LogP contribution in [0.3, 0.4) is 0 Å². The van der Waals surface area contributed by atoms with Crippen LogP contribution in [0.5, 0.6) is 0 Å². The van der Waals surface area contributed by atoms with Gasteiger partial charge in [0.2, 0.25) is 0 Å². The van der Waals surface area contributed by atoms with E-state index in [1.807, 2.05) is 25.1 Å². The Kier molecular flexibility index (Phi) is 14.0. The van der Waals surface area contributed by atoms with E-state index in [2.05, 4.69) is 99.2 Å². The van der Waals surface area contributed by atoms with Crippen LogP contribution in [0.1, 0.15) is 60.0 Å². The lowest BCUT2D eigenvalue weighted by Gasteiger charge is -2.33. The number of halogens is 2. The van der Waals surface area contributed by atoms with Crippen molar-refractivity contribution in [2.24, 2.45) is 10.7 Å². The number of nitrogens with zero attached hydrogens (tertiary/aromatic N) is 2. The summed E-state index contributed by atoms with van der Waals surface area (Å²) in [5.41, 5.74) is 12.7. The Morgan fingerprint density at radius 3 is 2.14 bits per heavy atom. The number of hydrogen-bond donors (Lipinski definition) is 6. The molecule has 2 atom stereocenters. The average Bonchev–Trinajstić information content (AvgIpc) is 3.51. The highest BCUT2D eigenvalue weighted by Gasteiger charge is 2.30. The molecule has 1 aliphatic heterocycles. The van der Waals surface area contributed by atoms with Gasteiger partial charge in [-0.15, -0.1) is 0 Å². The number of rotatable bonds is 20. The summed E-state index contributed by atoms with van der Waals surface area (Å²) in [6.45, 7) is 23.8. The van der Waals surface area contributed by atoms with Gasteiger partial charge in [0.15, 0.2) is 5.96 Å². The van der Waals surface area contributed by atoms with Crippen LogP contribution in [-0.4, -0.2) is 36.5 Å². The molecule has 7 N–H and O–H groups in total. The monoisotopic (exact) mass is 682 g/mol. The summed E-state index contributed by atoms with van der Waals surface area (Å²) in [7, 11) is 0. The van der Waals surface area contributed by atoms with Gasteiger partial charge in [0.05, 0.1) is 17.9 Å². The predicted octanol–water partition coefficient (Wildman–Crippen LogP) is 6.36. The molecule has 1 aliphatic rings. The van der Waals surface area contributed by atoms with E-state index in [1.54, 1.807) is 6.92 Å². The second kappa shape index (κ2) is 18.6. The third-order valence-electron chi connectivity index (χ3n) is 8.71. The normalized spacial score (nSPS) is 13.9. The Labute approximate surface area is 296 Å². The maximum atomic E-state index is 14.7. The fraction of sp³-hybridized carbons (Fsp3) is 0.325. The standard InChI is InChI=1S/C40H52F2N8/c1-7-28(3)44-20-21-45-31(6)49-40(43)46-19-13-18-38(29(4)47-24-35-36(41)22-27(2)23-37(35)42)48-30(5)39(32-14-9-8-10-15-32)50-25-33-16-11-12-17-34(33)26-50/h8-12,14-17,22-23,38-39,44-45,47-48H,3-7,13,18-21,24-26H2,1-2H3,(H3,43,46,49). The van der Waals surface area contributed by atoms with E-state index in [0.29, 0.717) is 49.6 Å². The maximum absolute atomic E-state index is 14.7. The minimum atomic E-state index is -0.592. The van der Waals surface area contributed by atoms with Gasteiger partial charge in [-0.25, -0.2) is 8.78 Å². The van der Waals surface area contributed by atoms with E-state index in [9.17, 15) is 8.78 Å². The summed E-state index contributed by atoms with van der Waals surface area (Å²) in [5.74, 6) is -0.381. The van der Waals surface area contributed by atoms with Crippen LogP contribution in [0.15, 0.2) is 121 Å². The number of nitrogens with one attached hydrogen (secondary N) is 5. The van der Waals surface area contributed by atoms with Gasteiger partial charge in [0.1, 0.15) is 11.6 Å². The van der Waals surface area contributed by atoms with Gasteiger partial charge in [0, 0.05) is 61.9 Å². The highest BCUT2D eigenvalue weighted by molar-refractivity contribution is 5.79. The van der Waals surface area contributed by atoms with Crippen molar-refractivity contribution in [1.82, 2.24) is 31.5 Å². The molecule has 0 saturated heterocycles. The zero-order valence-electron chi connectivity index (χ0n) is 29.4. The summed E-state index contributed by atoms with van der Waals surface area (Å²) in [5, 5.41) is 16.2. The van der Waals surface area contributed by atoms with Gasteiger partial charge in [-0.1, -0.05) is 87.8 Å². The molecule has 0 spiro atoms. The van der Waals surface area contributed by atoms with Crippen LogP contribution in [0.2, 0.25) is 0 Å². The Bertz CT molecular complexity index is 1620. The molecule has 4 rings (SSSR count). The zero-order chi connectivity index (χ0) is 36.0. The first-order valence-corrected chi connectivity index (χ1v) is 17.1. The van der Waals surface area contributed by atoms with Crippen molar-refractivity contribution in [3.05, 3.63) is 155 Å². The van der Waals surface area contributed by atoms with Crippen molar-refractivity contribution in [1.29, 1.82) is 0 Å². The fourth-order valence-corrected chi connectivity index (χ4v) is 5.98. The summed E-state index contributed by atoms with van der Waals surface area (Å²) < 4.78 is 29.4. The molecule has 3 aromatic rings. The molecule has 0 fully saturated rings. The highest BCUT2D eigenvalue weighted by atomic mass is 19.1. The van der Waals surface area contributed by atoms with E-state index in [4.69, 9.17) is 5.73 Å². The molecule has 0 bridgehead atoms. The summed E-state index contributed by atoms with van der Waals surface area (Å²) in [4.78, 5) is 6.88. The molecule has 266 valence electrons. The molecule has 8 nitrogen and oxygen atoms in total. The number of benzene rings is 3. The highest BCUT2D eigenvalue weighted by Crippen LogP contribution is 2.35. The largest absolute Gasteiger partial charge is 0.387 e. The van der Waals surface area contributed by atoms with E-state index < -0.39 is 11.6 Å². The Hall–Kier alpha value is -5.09. The molecule has 3 aromatic carbocycles. The molecule has 0 amide bonds. The van der Waals surface area contributed by atoms with Gasteiger partial charge >= 0.3 is 0 Å².